The maximum Gasteiger partial charge on any atom is 0.525 e. The molecular formula is C71H116F14O19. The largest absolute Gasteiger partial charge is 0.525 e. The van der Waals surface area contributed by atoms with E-state index in [0.717, 1.165) is 52.7 Å². The minimum Gasteiger partial charge on any atom is -0.436 e. The Morgan fingerprint density at radius 1 is 0.462 bits per heavy atom. The highest BCUT2D eigenvalue weighted by atomic mass is 19.4. The van der Waals surface area contributed by atoms with Gasteiger partial charge in [0, 0.05) is 34.8 Å². The summed E-state index contributed by atoms with van der Waals surface area (Å²) in [4.78, 5) is 68.5. The van der Waals surface area contributed by atoms with Crippen LogP contribution >= 0.6 is 0 Å². The van der Waals surface area contributed by atoms with Crippen LogP contribution in [0.1, 0.15) is 208 Å². The van der Waals surface area contributed by atoms with Crippen LogP contribution in [0.3, 0.4) is 0 Å². The predicted octanol–water partition coefficient (Wildman–Crippen LogP) is 18.2. The molecule has 104 heavy (non-hydrogen) atoms. The van der Waals surface area contributed by atoms with Crippen molar-refractivity contribution in [2.24, 2.45) is 59.2 Å². The van der Waals surface area contributed by atoms with Crippen LogP contribution in [0.4, 0.5) is 61.5 Å². The molecule has 2 saturated carbocycles. The molecule has 15 atom stereocenters. The first-order chi connectivity index (χ1) is 47.9. The second kappa shape index (κ2) is 51.2. The van der Waals surface area contributed by atoms with E-state index in [0.29, 0.717) is 50.4 Å². The molecule has 0 N–H and O–H groups in total. The van der Waals surface area contributed by atoms with Crippen molar-refractivity contribution in [2.75, 3.05) is 40.1 Å². The maximum atomic E-state index is 13.3. The summed E-state index contributed by atoms with van der Waals surface area (Å²) in [6.07, 6.45) is -15.0. The summed E-state index contributed by atoms with van der Waals surface area (Å²) in [7, 11) is 1.08. The fourth-order valence-corrected chi connectivity index (χ4v) is 8.04. The number of esters is 6. The van der Waals surface area contributed by atoms with Crippen LogP contribution in [0.25, 0.3) is 0 Å². The summed E-state index contributed by atoms with van der Waals surface area (Å²) in [5.41, 5.74) is 0.735. The number of alkyl halides is 14. The van der Waals surface area contributed by atoms with Gasteiger partial charge in [-0.1, -0.05) is 134 Å². The van der Waals surface area contributed by atoms with E-state index >= 15 is 0 Å². The van der Waals surface area contributed by atoms with E-state index in [1.807, 2.05) is 33.8 Å². The lowest BCUT2D eigenvalue weighted by Gasteiger charge is -2.32. The van der Waals surface area contributed by atoms with Gasteiger partial charge in [-0.15, -0.1) is 13.2 Å². The molecule has 2 aliphatic rings. The molecule has 0 radical (unpaired) electrons. The van der Waals surface area contributed by atoms with E-state index in [-0.39, 0.29) is 50.8 Å². The number of carbonyl (C=O) groups is 6. The number of ether oxygens (including phenoxy) is 13. The zero-order valence-electron chi connectivity index (χ0n) is 64.0. The predicted molar refractivity (Wildman–Crippen MR) is 354 cm³/mol. The van der Waals surface area contributed by atoms with E-state index in [9.17, 15) is 90.2 Å². The molecule has 1 aromatic rings. The molecule has 0 aliphatic heterocycles. The Bertz CT molecular complexity index is 2520. The molecule has 0 aromatic heterocycles. The van der Waals surface area contributed by atoms with Crippen molar-refractivity contribution in [3.8, 4) is 0 Å². The second-order valence-electron chi connectivity index (χ2n) is 26.3. The number of benzene rings is 1. The topological polar surface area (TPSA) is 222 Å². The van der Waals surface area contributed by atoms with Crippen LogP contribution in [0.2, 0.25) is 0 Å². The van der Waals surface area contributed by atoms with Gasteiger partial charge in [0.15, 0.2) is 6.29 Å². The zero-order valence-corrected chi connectivity index (χ0v) is 64.0. The monoisotopic (exact) mass is 1540 g/mol. The van der Waals surface area contributed by atoms with E-state index in [4.69, 9.17) is 37.9 Å². The molecule has 15 unspecified atom stereocenters. The van der Waals surface area contributed by atoms with Crippen LogP contribution < -0.4 is 0 Å². The van der Waals surface area contributed by atoms with Gasteiger partial charge in [-0.2, -0.15) is 13.2 Å². The lowest BCUT2D eigenvalue weighted by atomic mass is 9.89. The smallest absolute Gasteiger partial charge is 0.436 e. The van der Waals surface area contributed by atoms with Crippen LogP contribution in [-0.4, -0.2) is 150 Å². The van der Waals surface area contributed by atoms with Crippen molar-refractivity contribution in [1.82, 2.24) is 0 Å². The molecule has 2 aliphatic carbocycles. The Hall–Kier alpha value is -5.22. The van der Waals surface area contributed by atoms with Crippen molar-refractivity contribution in [3.63, 3.8) is 0 Å². The highest BCUT2D eigenvalue weighted by Crippen LogP contribution is 2.49. The van der Waals surface area contributed by atoms with Gasteiger partial charge in [-0.05, 0) is 101 Å². The Balaban J connectivity index is -0.00000119. The summed E-state index contributed by atoms with van der Waals surface area (Å²) in [5.74, 6) is -12.8. The van der Waals surface area contributed by atoms with Gasteiger partial charge in [0.25, 0.3) is 23.1 Å². The summed E-state index contributed by atoms with van der Waals surface area (Å²) in [6.45, 7) is 30.0. The van der Waals surface area contributed by atoms with E-state index in [1.54, 1.807) is 93.5 Å². The van der Waals surface area contributed by atoms with Gasteiger partial charge < -0.3 is 56.8 Å². The highest BCUT2D eigenvalue weighted by Gasteiger charge is 2.47. The third-order valence-corrected chi connectivity index (χ3v) is 16.5. The Kier molecular flexibility index (Phi) is 50.7. The van der Waals surface area contributed by atoms with Gasteiger partial charge in [0.1, 0.15) is 6.61 Å². The van der Waals surface area contributed by atoms with E-state index in [1.165, 1.54) is 33.1 Å². The Labute approximate surface area is 604 Å². The second-order valence-corrected chi connectivity index (χ2v) is 26.3. The van der Waals surface area contributed by atoms with Crippen molar-refractivity contribution < 1.29 is 152 Å². The standard InChI is InChI=1S/C16H26F2O3.C15H20F2O3.C12H22F2O3.C11H19F3O4.C9H16F2O3.C8H13F3O3/c1-4-10(2)14(19)21-16(3,15(17)18)20-9-13-8-11-5-6-12(13)7-11;1-4-11(2)13(18)20-15(3,14(16)17)19-10-12-8-6-5-7-9-12;1-6-9(4)10(15)17-12(5,11(13)14)16-7-8(2)3;1-4-8(2)10(15)18-9(3)17-6-5-16-7-11(12,13)14;1-5-6(2)7(12)14-9(3,13-4)8(10)11;1-4-5(2)7(12)13-6(3)14-8(9,10)11/h10-13,15H,4-9H2,1-3H3;5-9,11,14H,4,10H2,1-3H3;8-9,11H,6-7H2,1-5H3;8-9H,4-7H2,1-3H3;6,8H,5H2,1-4H3;5-6H,4H2,1-3H3. The molecule has 19 nitrogen and oxygen atoms in total. The van der Waals surface area contributed by atoms with Crippen LogP contribution in [0, 0.1) is 59.2 Å². The molecule has 3 rings (SSSR count). The first-order valence-electron chi connectivity index (χ1n) is 34.8. The molecular weight excluding hydrogens is 1420 g/mol. The molecule has 33 heteroatoms. The summed E-state index contributed by atoms with van der Waals surface area (Å²) >= 11 is 0. The fourth-order valence-electron chi connectivity index (χ4n) is 8.04. The van der Waals surface area contributed by atoms with Crippen LogP contribution in [-0.2, 0) is 97.0 Å². The molecule has 2 bridgehead atoms. The zero-order chi connectivity index (χ0) is 81.3. The number of hydrogen-bond acceptors (Lipinski definition) is 19. The average molecular weight is 1540 g/mol. The van der Waals surface area contributed by atoms with E-state index in [2.05, 4.69) is 23.7 Å². The number of hydrogen-bond donors (Lipinski definition) is 0. The summed E-state index contributed by atoms with van der Waals surface area (Å²) in [6, 6.07) is 8.89. The first-order valence-corrected chi connectivity index (χ1v) is 34.8. The molecule has 0 heterocycles. The molecule has 2 fully saturated rings. The normalized spacial score (nSPS) is 19.5. The maximum absolute atomic E-state index is 13.3. The van der Waals surface area contributed by atoms with Crippen molar-refractivity contribution in [3.05, 3.63) is 35.9 Å². The lowest BCUT2D eigenvalue weighted by Crippen LogP contribution is -2.44. The molecule has 0 amide bonds. The molecule has 0 saturated heterocycles. The van der Waals surface area contributed by atoms with Crippen molar-refractivity contribution in [2.45, 2.75) is 283 Å². The number of fused-ring (bicyclic) bond motifs is 2. The minimum absolute atomic E-state index is 0.0462. The van der Waals surface area contributed by atoms with Gasteiger partial charge in [0.05, 0.1) is 68.5 Å². The SMILES string of the molecule is CCC(C)C(=O)OC(C)(OC)C(F)F.CCC(C)C(=O)OC(C)(OCC(C)C)C(F)F.CCC(C)C(=O)OC(C)(OCC1CC2CCC1C2)C(F)F.CCC(C)C(=O)OC(C)(OCc1ccccc1)C(F)F.CCC(C)C(=O)OC(C)OC(F)(F)F.CCC(C)C(=O)OC(C)OCCOCC(F)(F)F. The molecule has 612 valence electrons. The summed E-state index contributed by atoms with van der Waals surface area (Å²) < 4.78 is 235. The van der Waals surface area contributed by atoms with Crippen molar-refractivity contribution in [1.29, 1.82) is 0 Å². The van der Waals surface area contributed by atoms with Gasteiger partial charge in [0.2, 0.25) is 6.29 Å². The Morgan fingerprint density at radius 2 is 0.827 bits per heavy atom. The molecule has 1 aromatic carbocycles. The quantitative estimate of drug-likeness (QED) is 0.0197. The molecule has 0 spiro atoms. The van der Waals surface area contributed by atoms with Gasteiger partial charge in [-0.3, -0.25) is 33.5 Å². The van der Waals surface area contributed by atoms with Gasteiger partial charge in [-0.25, -0.2) is 35.1 Å². The Morgan fingerprint density at radius 3 is 1.15 bits per heavy atom. The number of rotatable bonds is 38. The lowest BCUT2D eigenvalue weighted by molar-refractivity contribution is -0.369. The van der Waals surface area contributed by atoms with Crippen molar-refractivity contribution >= 4 is 35.8 Å². The number of carbonyl (C=O) groups excluding carboxylic acids is 6. The average Bonchev–Trinajstić information content (AvgIpc) is 1.62. The third kappa shape index (κ3) is 43.6. The third-order valence-electron chi connectivity index (χ3n) is 16.5. The first kappa shape index (κ1) is 103. The highest BCUT2D eigenvalue weighted by molar-refractivity contribution is 5.74. The number of halogens is 14. The minimum atomic E-state index is -4.78. The van der Waals surface area contributed by atoms with Crippen LogP contribution in [0.15, 0.2) is 30.3 Å². The fraction of sp³-hybridized carbons (Fsp3) is 0.831. The number of methoxy groups -OCH3 is 1. The summed E-state index contributed by atoms with van der Waals surface area (Å²) in [5, 5.41) is 0. The van der Waals surface area contributed by atoms with Crippen LogP contribution in [0.5, 0.6) is 0 Å². The van der Waals surface area contributed by atoms with Gasteiger partial charge >= 0.3 is 74.1 Å². The van der Waals surface area contributed by atoms with E-state index < -0.39 is 140 Å².